The zero-order chi connectivity index (χ0) is 17.4. The molecule has 1 heterocycles. The molecule has 130 valence electrons. The van der Waals surface area contributed by atoms with Crippen LogP contribution in [0.25, 0.3) is 0 Å². The summed E-state index contributed by atoms with van der Waals surface area (Å²) in [6, 6.07) is 10.1. The smallest absolute Gasteiger partial charge is 0.233 e. The molecule has 7 heteroatoms. The third-order valence-corrected chi connectivity index (χ3v) is 5.79. The molecule has 1 N–H and O–H groups in total. The van der Waals surface area contributed by atoms with E-state index < -0.39 is 0 Å². The SMILES string of the molecule is CCCCNc1nnc(SCC(=O)N(C)C(C)c2ccccc2)s1. The van der Waals surface area contributed by atoms with Crippen LogP contribution in [0.15, 0.2) is 34.7 Å². The topological polar surface area (TPSA) is 58.1 Å². The van der Waals surface area contributed by atoms with E-state index in [4.69, 9.17) is 0 Å². The fraction of sp³-hybridized carbons (Fsp3) is 0.471. The Kier molecular flexibility index (Phi) is 7.52. The molecule has 0 spiro atoms. The lowest BCUT2D eigenvalue weighted by atomic mass is 10.1. The molecular weight excluding hydrogens is 340 g/mol. The van der Waals surface area contributed by atoms with E-state index in [9.17, 15) is 4.79 Å². The van der Waals surface area contributed by atoms with Gasteiger partial charge in [-0.2, -0.15) is 0 Å². The number of hydrogen-bond donors (Lipinski definition) is 1. The summed E-state index contributed by atoms with van der Waals surface area (Å²) < 4.78 is 0.822. The van der Waals surface area contributed by atoms with Crippen molar-refractivity contribution < 1.29 is 4.79 Å². The van der Waals surface area contributed by atoms with Crippen molar-refractivity contribution in [3.63, 3.8) is 0 Å². The molecule has 0 radical (unpaired) electrons. The molecule has 1 amide bonds. The monoisotopic (exact) mass is 364 g/mol. The van der Waals surface area contributed by atoms with Crippen molar-refractivity contribution in [1.82, 2.24) is 15.1 Å². The van der Waals surface area contributed by atoms with Crippen LogP contribution in [-0.2, 0) is 4.79 Å². The lowest BCUT2D eigenvalue weighted by Gasteiger charge is -2.25. The molecule has 1 unspecified atom stereocenters. The van der Waals surface area contributed by atoms with Crippen LogP contribution in [0, 0.1) is 0 Å². The third-order valence-electron chi connectivity index (χ3n) is 3.79. The van der Waals surface area contributed by atoms with E-state index in [-0.39, 0.29) is 11.9 Å². The van der Waals surface area contributed by atoms with Crippen molar-refractivity contribution in [2.75, 3.05) is 24.7 Å². The van der Waals surface area contributed by atoms with Crippen molar-refractivity contribution in [3.05, 3.63) is 35.9 Å². The van der Waals surface area contributed by atoms with Crippen molar-refractivity contribution >= 4 is 34.1 Å². The van der Waals surface area contributed by atoms with E-state index in [0.29, 0.717) is 5.75 Å². The zero-order valence-electron chi connectivity index (χ0n) is 14.4. The van der Waals surface area contributed by atoms with Crippen molar-refractivity contribution in [2.45, 2.75) is 37.1 Å². The van der Waals surface area contributed by atoms with E-state index in [1.165, 1.54) is 23.1 Å². The number of nitrogens with one attached hydrogen (secondary N) is 1. The second kappa shape index (κ2) is 9.64. The Hall–Kier alpha value is -1.60. The largest absolute Gasteiger partial charge is 0.360 e. The summed E-state index contributed by atoms with van der Waals surface area (Å²) in [4.78, 5) is 14.2. The highest BCUT2D eigenvalue weighted by molar-refractivity contribution is 8.01. The van der Waals surface area contributed by atoms with Gasteiger partial charge in [-0.25, -0.2) is 0 Å². The first kappa shape index (κ1) is 18.7. The summed E-state index contributed by atoms with van der Waals surface area (Å²) in [5.74, 6) is 0.462. The van der Waals surface area contributed by atoms with Crippen LogP contribution < -0.4 is 5.32 Å². The highest BCUT2D eigenvalue weighted by atomic mass is 32.2. The maximum absolute atomic E-state index is 12.4. The van der Waals surface area contributed by atoms with Crippen LogP contribution in [0.2, 0.25) is 0 Å². The lowest BCUT2D eigenvalue weighted by Crippen LogP contribution is -2.31. The summed E-state index contributed by atoms with van der Waals surface area (Å²) in [7, 11) is 1.85. The molecule has 0 bridgehead atoms. The van der Waals surface area contributed by atoms with Gasteiger partial charge in [0.1, 0.15) is 0 Å². The van der Waals surface area contributed by atoms with Crippen LogP contribution in [0.3, 0.4) is 0 Å². The number of benzene rings is 1. The highest BCUT2D eigenvalue weighted by Crippen LogP contribution is 2.26. The average molecular weight is 365 g/mol. The van der Waals surface area contributed by atoms with Crippen LogP contribution in [-0.4, -0.2) is 40.3 Å². The number of nitrogens with zero attached hydrogens (tertiary/aromatic N) is 3. The molecule has 1 atom stereocenters. The Bertz CT molecular complexity index is 633. The first-order chi connectivity index (χ1) is 11.6. The molecule has 0 saturated carbocycles. The molecule has 0 aliphatic carbocycles. The van der Waals surface area contributed by atoms with Crippen molar-refractivity contribution in [1.29, 1.82) is 0 Å². The molecule has 2 rings (SSSR count). The van der Waals surface area contributed by atoms with Gasteiger partial charge in [-0.15, -0.1) is 10.2 Å². The number of thioether (sulfide) groups is 1. The van der Waals surface area contributed by atoms with Crippen LogP contribution in [0.1, 0.15) is 38.3 Å². The Labute approximate surface area is 151 Å². The number of unbranched alkanes of at least 4 members (excludes halogenated alkanes) is 1. The molecule has 0 aliphatic heterocycles. The standard InChI is InChI=1S/C17H24N4OS2/c1-4-5-11-18-16-19-20-17(24-16)23-12-15(22)21(3)13(2)14-9-7-6-8-10-14/h6-10,13H,4-5,11-12H2,1-3H3,(H,18,19). The first-order valence-corrected chi connectivity index (χ1v) is 9.92. The van der Waals surface area contributed by atoms with E-state index in [2.05, 4.69) is 22.4 Å². The molecule has 1 aromatic heterocycles. The molecule has 5 nitrogen and oxygen atoms in total. The maximum Gasteiger partial charge on any atom is 0.233 e. The summed E-state index contributed by atoms with van der Waals surface area (Å²) in [5, 5.41) is 12.3. The van der Waals surface area contributed by atoms with Gasteiger partial charge in [0.2, 0.25) is 11.0 Å². The number of anilines is 1. The molecule has 24 heavy (non-hydrogen) atoms. The Morgan fingerprint density at radius 1 is 1.33 bits per heavy atom. The fourth-order valence-electron chi connectivity index (χ4n) is 2.11. The lowest BCUT2D eigenvalue weighted by molar-refractivity contribution is -0.128. The Balaban J connectivity index is 1.82. The summed E-state index contributed by atoms with van der Waals surface area (Å²) in [6.07, 6.45) is 2.26. The third kappa shape index (κ3) is 5.49. The summed E-state index contributed by atoms with van der Waals surface area (Å²) in [5.41, 5.74) is 1.14. The highest BCUT2D eigenvalue weighted by Gasteiger charge is 2.18. The van der Waals surface area contributed by atoms with Gasteiger partial charge >= 0.3 is 0 Å². The normalized spacial score (nSPS) is 12.0. The van der Waals surface area contributed by atoms with Gasteiger partial charge < -0.3 is 10.2 Å². The van der Waals surface area contributed by atoms with Crippen LogP contribution >= 0.6 is 23.1 Å². The van der Waals surface area contributed by atoms with Gasteiger partial charge in [0.25, 0.3) is 0 Å². The number of rotatable bonds is 9. The van der Waals surface area contributed by atoms with Crippen LogP contribution in [0.5, 0.6) is 0 Å². The number of carbonyl (C=O) groups is 1. The Morgan fingerprint density at radius 2 is 2.08 bits per heavy atom. The molecule has 0 saturated heterocycles. The zero-order valence-corrected chi connectivity index (χ0v) is 16.0. The average Bonchev–Trinajstić information content (AvgIpc) is 3.07. The summed E-state index contributed by atoms with van der Waals surface area (Å²) >= 11 is 2.94. The molecule has 0 fully saturated rings. The minimum absolute atomic E-state index is 0.0555. The minimum atomic E-state index is 0.0555. The van der Waals surface area contributed by atoms with Gasteiger partial charge in [0.05, 0.1) is 11.8 Å². The van der Waals surface area contributed by atoms with E-state index in [0.717, 1.165) is 34.4 Å². The quantitative estimate of drug-likeness (QED) is 0.537. The van der Waals surface area contributed by atoms with E-state index in [1.54, 1.807) is 4.90 Å². The van der Waals surface area contributed by atoms with Crippen molar-refractivity contribution in [2.24, 2.45) is 0 Å². The maximum atomic E-state index is 12.4. The number of aromatic nitrogens is 2. The second-order valence-corrected chi connectivity index (χ2v) is 7.73. The first-order valence-electron chi connectivity index (χ1n) is 8.12. The van der Waals surface area contributed by atoms with Gasteiger partial charge in [0.15, 0.2) is 4.34 Å². The van der Waals surface area contributed by atoms with Gasteiger partial charge in [0, 0.05) is 13.6 Å². The second-order valence-electron chi connectivity index (χ2n) is 5.53. The van der Waals surface area contributed by atoms with Crippen LogP contribution in [0.4, 0.5) is 5.13 Å². The minimum Gasteiger partial charge on any atom is -0.360 e. The van der Waals surface area contributed by atoms with Gasteiger partial charge in [-0.3, -0.25) is 4.79 Å². The van der Waals surface area contributed by atoms with E-state index in [1.807, 2.05) is 44.3 Å². The molecule has 1 aromatic carbocycles. The predicted octanol–water partition coefficient (Wildman–Crippen LogP) is 4.06. The van der Waals surface area contributed by atoms with Crippen molar-refractivity contribution in [3.8, 4) is 0 Å². The summed E-state index contributed by atoms with van der Waals surface area (Å²) in [6.45, 7) is 5.10. The Morgan fingerprint density at radius 3 is 2.79 bits per heavy atom. The van der Waals surface area contributed by atoms with Gasteiger partial charge in [-0.05, 0) is 18.9 Å². The number of carbonyl (C=O) groups excluding carboxylic acids is 1. The molecule has 0 aliphatic rings. The fourth-order valence-corrected chi connectivity index (χ4v) is 3.81. The van der Waals surface area contributed by atoms with E-state index >= 15 is 0 Å². The number of amides is 1. The van der Waals surface area contributed by atoms with Gasteiger partial charge in [-0.1, -0.05) is 66.8 Å². The number of hydrogen-bond acceptors (Lipinski definition) is 6. The molecular formula is C17H24N4OS2. The molecule has 2 aromatic rings. The predicted molar refractivity (Wildman–Crippen MR) is 102 cm³/mol.